The van der Waals surface area contributed by atoms with E-state index in [9.17, 15) is 0 Å². The number of hydrogen-bond acceptors (Lipinski definition) is 4. The van der Waals surface area contributed by atoms with Crippen molar-refractivity contribution in [3.8, 4) is 0 Å². The number of aromatic nitrogens is 5. The van der Waals surface area contributed by atoms with Gasteiger partial charge in [-0.1, -0.05) is 33.3 Å². The molecule has 96 valence electrons. The van der Waals surface area contributed by atoms with Gasteiger partial charge >= 0.3 is 0 Å². The van der Waals surface area contributed by atoms with Crippen molar-refractivity contribution in [3.63, 3.8) is 0 Å². The first kappa shape index (κ1) is 12.5. The van der Waals surface area contributed by atoms with E-state index in [1.54, 1.807) is 10.9 Å². The molecule has 0 saturated heterocycles. The number of nitrogens with zero attached hydrogens (tertiary/aromatic N) is 5. The highest BCUT2D eigenvalue weighted by molar-refractivity contribution is 9.10. The summed E-state index contributed by atoms with van der Waals surface area (Å²) in [5, 5.41) is 8.37. The van der Waals surface area contributed by atoms with Crippen LogP contribution >= 0.6 is 27.5 Å². The van der Waals surface area contributed by atoms with E-state index in [1.165, 1.54) is 0 Å². The minimum Gasteiger partial charge on any atom is -0.224 e. The van der Waals surface area contributed by atoms with E-state index >= 15 is 0 Å². The normalized spacial score (nSPS) is 12.8. The first-order valence-corrected chi connectivity index (χ1v) is 6.81. The Morgan fingerprint density at radius 2 is 2.00 bits per heavy atom. The van der Waals surface area contributed by atoms with Crippen LogP contribution in [-0.2, 0) is 0 Å². The van der Waals surface area contributed by atoms with E-state index in [1.807, 2.05) is 31.2 Å². The second-order valence-electron chi connectivity index (χ2n) is 4.11. The summed E-state index contributed by atoms with van der Waals surface area (Å²) in [7, 11) is 0. The number of fused-ring (bicyclic) bond motifs is 1. The molecule has 19 heavy (non-hydrogen) atoms. The van der Waals surface area contributed by atoms with E-state index in [-0.39, 0.29) is 11.3 Å². The summed E-state index contributed by atoms with van der Waals surface area (Å²) < 4.78 is 2.78. The maximum absolute atomic E-state index is 5.82. The molecule has 0 spiro atoms. The van der Waals surface area contributed by atoms with E-state index in [0.717, 1.165) is 10.0 Å². The fourth-order valence-corrected chi connectivity index (χ4v) is 2.26. The third-order valence-corrected chi connectivity index (χ3v) is 3.62. The van der Waals surface area contributed by atoms with E-state index in [0.29, 0.717) is 11.2 Å². The van der Waals surface area contributed by atoms with Gasteiger partial charge in [-0.2, -0.15) is 4.98 Å². The standard InChI is InChI=1S/C12H9BrClN5/c1-7(8-2-4-9(13)5-3-8)19-11-10(17-18-19)6-15-12(14)16-11/h2-7H,1H3. The smallest absolute Gasteiger partial charge is 0.224 e. The molecule has 0 N–H and O–H groups in total. The van der Waals surface area contributed by atoms with Crippen molar-refractivity contribution in [2.24, 2.45) is 0 Å². The molecule has 7 heteroatoms. The Kier molecular flexibility index (Phi) is 3.20. The molecule has 0 aliphatic rings. The van der Waals surface area contributed by atoms with Gasteiger partial charge in [-0.15, -0.1) is 5.10 Å². The van der Waals surface area contributed by atoms with Crippen LogP contribution in [0.5, 0.6) is 0 Å². The Bertz CT molecular complexity index is 725. The molecule has 0 saturated carbocycles. The van der Waals surface area contributed by atoms with Gasteiger partial charge in [-0.25, -0.2) is 9.67 Å². The van der Waals surface area contributed by atoms with Crippen LogP contribution in [0, 0.1) is 0 Å². The van der Waals surface area contributed by atoms with Crippen LogP contribution in [0.25, 0.3) is 11.2 Å². The van der Waals surface area contributed by atoms with Crippen molar-refractivity contribution < 1.29 is 0 Å². The van der Waals surface area contributed by atoms with Crippen LogP contribution in [-0.4, -0.2) is 25.0 Å². The highest BCUT2D eigenvalue weighted by Crippen LogP contribution is 2.22. The van der Waals surface area contributed by atoms with Crippen molar-refractivity contribution in [1.29, 1.82) is 0 Å². The lowest BCUT2D eigenvalue weighted by Crippen LogP contribution is -2.09. The number of rotatable bonds is 2. The van der Waals surface area contributed by atoms with Gasteiger partial charge in [0, 0.05) is 4.47 Å². The Hall–Kier alpha value is -1.53. The van der Waals surface area contributed by atoms with Crippen molar-refractivity contribution in [3.05, 3.63) is 45.8 Å². The zero-order valence-electron chi connectivity index (χ0n) is 9.96. The van der Waals surface area contributed by atoms with Gasteiger partial charge in [0.05, 0.1) is 12.2 Å². The van der Waals surface area contributed by atoms with Crippen LogP contribution in [0.3, 0.4) is 0 Å². The Labute approximate surface area is 122 Å². The molecule has 1 atom stereocenters. The van der Waals surface area contributed by atoms with Gasteiger partial charge in [0.25, 0.3) is 0 Å². The molecule has 2 aromatic heterocycles. The Morgan fingerprint density at radius 1 is 1.26 bits per heavy atom. The molecule has 5 nitrogen and oxygen atoms in total. The molecule has 0 aliphatic carbocycles. The van der Waals surface area contributed by atoms with Gasteiger partial charge in [0.1, 0.15) is 0 Å². The lowest BCUT2D eigenvalue weighted by molar-refractivity contribution is 0.556. The predicted molar refractivity (Wildman–Crippen MR) is 76.1 cm³/mol. The summed E-state index contributed by atoms with van der Waals surface area (Å²) in [5.41, 5.74) is 2.38. The molecule has 2 heterocycles. The predicted octanol–water partition coefficient (Wildman–Crippen LogP) is 3.25. The van der Waals surface area contributed by atoms with E-state index in [2.05, 4.69) is 36.2 Å². The molecule has 0 aliphatic heterocycles. The number of hydrogen-bond donors (Lipinski definition) is 0. The highest BCUT2D eigenvalue weighted by Gasteiger charge is 2.14. The first-order chi connectivity index (χ1) is 9.15. The summed E-state index contributed by atoms with van der Waals surface area (Å²) in [5.74, 6) is 0. The van der Waals surface area contributed by atoms with Gasteiger partial charge in [-0.3, -0.25) is 0 Å². The Morgan fingerprint density at radius 3 is 2.74 bits per heavy atom. The second-order valence-corrected chi connectivity index (χ2v) is 5.36. The zero-order chi connectivity index (χ0) is 13.4. The Balaban J connectivity index is 2.08. The third kappa shape index (κ3) is 2.33. The third-order valence-electron chi connectivity index (χ3n) is 2.91. The lowest BCUT2D eigenvalue weighted by atomic mass is 10.1. The maximum atomic E-state index is 5.82. The summed E-state index contributed by atoms with van der Waals surface area (Å²) >= 11 is 9.24. The van der Waals surface area contributed by atoms with Crippen LogP contribution in [0.4, 0.5) is 0 Å². The maximum Gasteiger partial charge on any atom is 0.224 e. The van der Waals surface area contributed by atoms with Crippen molar-refractivity contribution in [2.75, 3.05) is 0 Å². The molecule has 0 fully saturated rings. The van der Waals surface area contributed by atoms with Crippen molar-refractivity contribution in [2.45, 2.75) is 13.0 Å². The highest BCUT2D eigenvalue weighted by atomic mass is 79.9. The van der Waals surface area contributed by atoms with Crippen LogP contribution in [0.15, 0.2) is 34.9 Å². The zero-order valence-corrected chi connectivity index (χ0v) is 12.3. The summed E-state index contributed by atoms with van der Waals surface area (Å²) in [6.07, 6.45) is 1.57. The molecular formula is C12H9BrClN5. The van der Waals surface area contributed by atoms with Gasteiger partial charge in [0.2, 0.25) is 5.28 Å². The van der Waals surface area contributed by atoms with Crippen LogP contribution < -0.4 is 0 Å². The number of halogens is 2. The SMILES string of the molecule is CC(c1ccc(Br)cc1)n1nnc2cnc(Cl)nc21. The largest absolute Gasteiger partial charge is 0.224 e. The lowest BCUT2D eigenvalue weighted by Gasteiger charge is -2.12. The molecule has 1 unspecified atom stereocenters. The molecule has 0 radical (unpaired) electrons. The second kappa shape index (κ2) is 4.86. The van der Waals surface area contributed by atoms with Crippen LogP contribution in [0.1, 0.15) is 18.5 Å². The van der Waals surface area contributed by atoms with E-state index in [4.69, 9.17) is 11.6 Å². The van der Waals surface area contributed by atoms with Gasteiger partial charge < -0.3 is 0 Å². The molecule has 0 bridgehead atoms. The average Bonchev–Trinajstić information content (AvgIpc) is 2.81. The monoisotopic (exact) mass is 337 g/mol. The molecule has 3 aromatic rings. The van der Waals surface area contributed by atoms with Crippen LogP contribution in [0.2, 0.25) is 5.28 Å². The molecule has 0 amide bonds. The summed E-state index contributed by atoms with van der Waals surface area (Å²) in [4.78, 5) is 8.08. The topological polar surface area (TPSA) is 56.5 Å². The average molecular weight is 339 g/mol. The fourth-order valence-electron chi connectivity index (χ4n) is 1.87. The molecule has 1 aromatic carbocycles. The van der Waals surface area contributed by atoms with Crippen molar-refractivity contribution in [1.82, 2.24) is 25.0 Å². The van der Waals surface area contributed by atoms with Gasteiger partial charge in [-0.05, 0) is 36.2 Å². The van der Waals surface area contributed by atoms with E-state index < -0.39 is 0 Å². The first-order valence-electron chi connectivity index (χ1n) is 5.64. The quantitative estimate of drug-likeness (QED) is 0.673. The fraction of sp³-hybridized carbons (Fsp3) is 0.167. The summed E-state index contributed by atoms with van der Waals surface area (Å²) in [6.45, 7) is 2.04. The number of benzene rings is 1. The minimum atomic E-state index is 0.0177. The molecule has 3 rings (SSSR count). The summed E-state index contributed by atoms with van der Waals surface area (Å²) in [6, 6.07) is 8.07. The van der Waals surface area contributed by atoms with Crippen molar-refractivity contribution >= 4 is 38.7 Å². The van der Waals surface area contributed by atoms with Gasteiger partial charge in [0.15, 0.2) is 11.2 Å². The molecular weight excluding hydrogens is 330 g/mol. The minimum absolute atomic E-state index is 0.0177.